The number of benzene rings is 2. The van der Waals surface area contributed by atoms with E-state index in [0.717, 1.165) is 93.9 Å². The number of nitrogens with one attached hydrogen (secondary N) is 1. The van der Waals surface area contributed by atoms with Crippen molar-refractivity contribution in [2.75, 3.05) is 18.8 Å². The van der Waals surface area contributed by atoms with E-state index in [9.17, 15) is 15.0 Å². The van der Waals surface area contributed by atoms with Crippen LogP contribution in [0.5, 0.6) is 11.5 Å². The van der Waals surface area contributed by atoms with Crippen LogP contribution < -0.4 is 15.8 Å². The number of aliphatic hydroxyl groups is 1. The van der Waals surface area contributed by atoms with Crippen molar-refractivity contribution in [1.29, 1.82) is 0 Å². The number of ether oxygens (including phenoxy) is 2. The molecular formula is C63H82N4O6S2. The van der Waals surface area contributed by atoms with Gasteiger partial charge in [0, 0.05) is 78.8 Å². The predicted molar refractivity (Wildman–Crippen MR) is 298 cm³/mol. The van der Waals surface area contributed by atoms with Crippen molar-refractivity contribution in [2.45, 2.75) is 214 Å². The van der Waals surface area contributed by atoms with Gasteiger partial charge in [0.05, 0.1) is 18.1 Å². The summed E-state index contributed by atoms with van der Waals surface area (Å²) in [5.41, 5.74) is 9.31. The Bertz CT molecular complexity index is 2700. The minimum Gasteiger partial charge on any atom is -0.504 e. The number of carbonyl (C=O) groups excluding carboxylic acids is 2. The van der Waals surface area contributed by atoms with E-state index in [2.05, 4.69) is 87.3 Å². The number of amides is 1. The lowest BCUT2D eigenvalue weighted by Crippen LogP contribution is -2.56. The molecule has 6 heterocycles. The summed E-state index contributed by atoms with van der Waals surface area (Å²) in [4.78, 5) is 35.6. The molecule has 12 atom stereocenters. The number of phenols is 1. The number of nitrogens with two attached hydrogens (primary N) is 1. The summed E-state index contributed by atoms with van der Waals surface area (Å²) in [5.74, 6) is 11.2. The van der Waals surface area contributed by atoms with Crippen LogP contribution >= 0.6 is 21.6 Å². The predicted octanol–water partition coefficient (Wildman–Crippen LogP) is 12.1. The molecule has 12 heteroatoms. The molecule has 0 aromatic heterocycles. The van der Waals surface area contributed by atoms with Crippen molar-refractivity contribution in [2.24, 2.45) is 50.1 Å². The maximum atomic E-state index is 15.2. The molecule has 5 N–H and O–H groups in total. The number of guanidine groups is 1. The Kier molecular flexibility index (Phi) is 13.0. The summed E-state index contributed by atoms with van der Waals surface area (Å²) < 4.78 is 13.6. The Hall–Kier alpha value is -3.79. The SMILES string of the molecule is CC(=O)OC12CCc3cc(c(O)c4c3C3C=CC5(CCCC5C3)O4)CN3CC4(CC3=O)C(c3ccccc3)CCC43C#CCC4CCC5(CCCC5(NC(N)=NC3)SSCC3(CCCC3)CCCC(CC1)C(O)C2)C4. The molecule has 12 unspecified atom stereocenters. The minimum atomic E-state index is -0.807. The summed E-state index contributed by atoms with van der Waals surface area (Å²) in [6.07, 6.45) is 29.4. The third-order valence-electron chi connectivity index (χ3n) is 22.6. The van der Waals surface area contributed by atoms with Crippen LogP contribution in [0.2, 0.25) is 0 Å². The van der Waals surface area contributed by atoms with E-state index in [0.29, 0.717) is 74.3 Å². The minimum absolute atomic E-state index is 0.0730. The van der Waals surface area contributed by atoms with Crippen molar-refractivity contribution in [3.63, 3.8) is 0 Å². The Morgan fingerprint density at radius 2 is 1.77 bits per heavy atom. The Morgan fingerprint density at radius 1 is 0.933 bits per heavy atom. The van der Waals surface area contributed by atoms with Gasteiger partial charge in [-0.15, -0.1) is 5.92 Å². The van der Waals surface area contributed by atoms with E-state index < -0.39 is 28.1 Å². The number of nitrogens with zero attached hydrogens (tertiary/aromatic N) is 2. The lowest BCUT2D eigenvalue weighted by Gasteiger charge is -2.45. The average molecular weight is 1060 g/mol. The zero-order valence-electron chi connectivity index (χ0n) is 44.6. The monoisotopic (exact) mass is 1050 g/mol. The average Bonchev–Trinajstić information content (AvgIpc) is 4.28. The van der Waals surface area contributed by atoms with Gasteiger partial charge in [-0.2, -0.15) is 0 Å². The molecule has 1 amide bonds. The molecule has 0 radical (unpaired) electrons. The normalized spacial score (nSPS) is 40.9. The van der Waals surface area contributed by atoms with E-state index in [4.69, 9.17) is 20.2 Å². The number of aliphatic imine (C=N–C) groups is 1. The fourth-order valence-corrected chi connectivity index (χ4v) is 22.9. The lowest BCUT2D eigenvalue weighted by molar-refractivity contribution is -0.169. The molecule has 7 aliphatic carbocycles. The zero-order chi connectivity index (χ0) is 51.3. The highest BCUT2D eigenvalue weighted by molar-refractivity contribution is 8.77. The number of phenolic OH excluding ortho intramolecular Hbond substituents is 1. The number of hydrogen-bond acceptors (Lipinski definition) is 11. The summed E-state index contributed by atoms with van der Waals surface area (Å²) in [7, 11) is 4.17. The van der Waals surface area contributed by atoms with Crippen LogP contribution in [0.25, 0.3) is 0 Å². The highest BCUT2D eigenvalue weighted by Crippen LogP contribution is 2.68. The first-order valence-electron chi connectivity index (χ1n) is 29.6. The van der Waals surface area contributed by atoms with Crippen LogP contribution in [0.15, 0.2) is 53.5 Å². The molecule has 10 nitrogen and oxygen atoms in total. The highest BCUT2D eigenvalue weighted by Gasteiger charge is 2.65. The van der Waals surface area contributed by atoms with Gasteiger partial charge < -0.3 is 35.6 Å². The number of esters is 1. The third-order valence-corrected chi connectivity index (χ3v) is 26.0. The smallest absolute Gasteiger partial charge is 0.303 e. The maximum absolute atomic E-state index is 15.2. The molecule has 75 heavy (non-hydrogen) atoms. The number of aliphatic hydroxyl groups excluding tert-OH is 1. The zero-order valence-corrected chi connectivity index (χ0v) is 46.2. The molecule has 6 aliphatic heterocycles. The first-order chi connectivity index (χ1) is 36.3. The van der Waals surface area contributed by atoms with Crippen molar-refractivity contribution >= 4 is 39.4 Å². The quantitative estimate of drug-likeness (QED) is 0.0992. The fraction of sp³-hybridized carbons (Fsp3) is 0.698. The first-order valence-corrected chi connectivity index (χ1v) is 32.0. The number of carbonyl (C=O) groups is 2. The Balaban J connectivity index is 0.923. The lowest BCUT2D eigenvalue weighted by atomic mass is 9.60. The van der Waals surface area contributed by atoms with E-state index in [1.165, 1.54) is 70.3 Å². The standard InChI is InChI=1S/C63H82N4O6S2/c1-42(68)72-60-30-17-45(51(69)36-60)14-8-23-57(21-5-6-22-57)41-74-75-63-27-10-25-58(63)28-16-43(35-58)11-7-24-59(39-65-56(64)66-63)29-20-50(44-12-3-2-4-13-44)61(59)37-52(70)67(40-61)38-48-33-46(18-31-60)53-47-19-32-62(73-55(53)54(48)71)26-9-15-49(62)34-47/h2-4,12-13,19,32-33,43,45,47,49-51,69,71H,5-6,8-11,14-18,20-23,25-31,34-41H2,1H3,(H3,64,65,66). The van der Waals surface area contributed by atoms with Gasteiger partial charge in [-0.3, -0.25) is 14.6 Å². The maximum Gasteiger partial charge on any atom is 0.303 e. The van der Waals surface area contributed by atoms with Crippen LogP contribution in [0.1, 0.15) is 202 Å². The molecule has 1 saturated heterocycles. The summed E-state index contributed by atoms with van der Waals surface area (Å²) in [5, 5.41) is 29.0. The van der Waals surface area contributed by atoms with Crippen LogP contribution in [-0.2, 0) is 27.3 Å². The van der Waals surface area contributed by atoms with E-state index >= 15 is 4.79 Å². The molecule has 6 saturated carbocycles. The molecule has 2 aromatic rings. The number of hydrogen-bond donors (Lipinski definition) is 4. The number of aryl methyl sites for hydroxylation is 1. The van der Waals surface area contributed by atoms with Gasteiger partial charge in [-0.05, 0) is 175 Å². The van der Waals surface area contributed by atoms with Gasteiger partial charge >= 0.3 is 5.97 Å². The van der Waals surface area contributed by atoms with Crippen LogP contribution in [0, 0.1) is 51.3 Å². The topological polar surface area (TPSA) is 147 Å². The van der Waals surface area contributed by atoms with Crippen LogP contribution in [0.4, 0.5) is 0 Å². The molecule has 15 rings (SSSR count). The van der Waals surface area contributed by atoms with E-state index in [1.54, 1.807) is 0 Å². The van der Waals surface area contributed by atoms with Gasteiger partial charge in [0.1, 0.15) is 16.1 Å². The summed E-state index contributed by atoms with van der Waals surface area (Å²) >= 11 is 0. The van der Waals surface area contributed by atoms with Gasteiger partial charge in [0.15, 0.2) is 17.5 Å². The van der Waals surface area contributed by atoms with Crippen LogP contribution in [0.3, 0.4) is 0 Å². The molecule has 6 spiro atoms. The second-order valence-corrected chi connectivity index (χ2v) is 29.1. The molecule has 402 valence electrons. The number of rotatable bonds is 2. The Labute approximate surface area is 454 Å². The van der Waals surface area contributed by atoms with Crippen molar-refractivity contribution < 1.29 is 29.3 Å². The number of fused-ring (bicyclic) bond motifs is 8. The molecule has 13 aliphatic rings. The van der Waals surface area contributed by atoms with Crippen LogP contribution in [-0.4, -0.2) is 74.0 Å². The van der Waals surface area contributed by atoms with Crippen molar-refractivity contribution in [1.82, 2.24) is 10.2 Å². The van der Waals surface area contributed by atoms with Gasteiger partial charge in [-0.1, -0.05) is 83.2 Å². The Morgan fingerprint density at radius 3 is 2.61 bits per heavy atom. The summed E-state index contributed by atoms with van der Waals surface area (Å²) in [6.45, 7) is 2.67. The largest absolute Gasteiger partial charge is 0.504 e. The second kappa shape index (κ2) is 19.2. The van der Waals surface area contributed by atoms with Crippen molar-refractivity contribution in [3.8, 4) is 23.3 Å². The van der Waals surface area contributed by atoms with Crippen molar-refractivity contribution in [3.05, 3.63) is 70.8 Å². The van der Waals surface area contributed by atoms with E-state index in [-0.39, 0.29) is 57.6 Å². The summed E-state index contributed by atoms with van der Waals surface area (Å²) in [6, 6.07) is 13.0. The van der Waals surface area contributed by atoms with Gasteiger partial charge in [0.25, 0.3) is 0 Å². The highest BCUT2D eigenvalue weighted by atomic mass is 33.1. The fourth-order valence-electron chi connectivity index (χ4n) is 18.7. The van der Waals surface area contributed by atoms with Gasteiger partial charge in [0.2, 0.25) is 5.91 Å². The van der Waals surface area contributed by atoms with Gasteiger partial charge in [-0.25, -0.2) is 0 Å². The molecular weight excluding hydrogens is 973 g/mol. The molecule has 7 fully saturated rings. The molecule has 12 bridgehead atoms. The first kappa shape index (κ1) is 50.7. The van der Waals surface area contributed by atoms with E-state index in [1.807, 2.05) is 4.90 Å². The molecule has 2 aromatic carbocycles. The second-order valence-electron chi connectivity index (χ2n) is 26.5. The number of allylic oxidation sites excluding steroid dienone is 1. The third kappa shape index (κ3) is 8.57. The number of aromatic hydroxyl groups is 1.